The molecule has 0 aliphatic carbocycles. The predicted molar refractivity (Wildman–Crippen MR) is 109 cm³/mol. The van der Waals surface area contributed by atoms with E-state index in [1.54, 1.807) is 14.2 Å². The highest BCUT2D eigenvalue weighted by Gasteiger charge is 2.13. The van der Waals surface area contributed by atoms with Gasteiger partial charge in [0.05, 0.1) is 24.6 Å². The van der Waals surface area contributed by atoms with Gasteiger partial charge in [0, 0.05) is 45.1 Å². The minimum absolute atomic E-state index is 0.631. The number of hydrogen-bond acceptors (Lipinski definition) is 4. The normalized spacial score (nSPS) is 11.6. The van der Waals surface area contributed by atoms with Crippen LogP contribution in [0.1, 0.15) is 23.4 Å². The van der Waals surface area contributed by atoms with Crippen molar-refractivity contribution >= 4 is 5.96 Å². The van der Waals surface area contributed by atoms with Crippen LogP contribution in [0.4, 0.5) is 0 Å². The summed E-state index contributed by atoms with van der Waals surface area (Å²) < 4.78 is 12.4. The first kappa shape index (κ1) is 20.9. The minimum Gasteiger partial charge on any atom is -0.382 e. The van der Waals surface area contributed by atoms with Crippen LogP contribution in [0.15, 0.2) is 35.3 Å². The van der Waals surface area contributed by atoms with Crippen LogP contribution in [0.25, 0.3) is 5.69 Å². The number of rotatable bonds is 10. The Morgan fingerprint density at radius 3 is 2.59 bits per heavy atom. The topological polar surface area (TPSA) is 72.7 Å². The number of aromatic nitrogens is 2. The van der Waals surface area contributed by atoms with Crippen LogP contribution in [0, 0.1) is 13.8 Å². The second-order valence-electron chi connectivity index (χ2n) is 6.21. The number of nitrogens with one attached hydrogen (secondary N) is 2. The highest BCUT2D eigenvalue weighted by Crippen LogP contribution is 2.17. The summed E-state index contributed by atoms with van der Waals surface area (Å²) in [6.45, 7) is 7.58. The van der Waals surface area contributed by atoms with Gasteiger partial charge in [0.25, 0.3) is 0 Å². The number of para-hydroxylation sites is 1. The van der Waals surface area contributed by atoms with Crippen LogP contribution >= 0.6 is 0 Å². The van der Waals surface area contributed by atoms with Gasteiger partial charge < -0.3 is 20.1 Å². The van der Waals surface area contributed by atoms with E-state index in [0.29, 0.717) is 26.4 Å². The summed E-state index contributed by atoms with van der Waals surface area (Å²) in [7, 11) is 3.45. The maximum atomic E-state index is 5.46. The van der Waals surface area contributed by atoms with E-state index in [9.17, 15) is 0 Å². The molecule has 1 aromatic heterocycles. The van der Waals surface area contributed by atoms with Crippen molar-refractivity contribution in [3.8, 4) is 5.69 Å². The number of ether oxygens (including phenoxy) is 2. The molecule has 0 fully saturated rings. The van der Waals surface area contributed by atoms with Gasteiger partial charge in [-0.2, -0.15) is 5.10 Å². The molecule has 0 bridgehead atoms. The Bertz CT molecular complexity index is 713. The van der Waals surface area contributed by atoms with Crippen molar-refractivity contribution in [2.24, 2.45) is 4.99 Å². The molecule has 0 atom stereocenters. The zero-order valence-electron chi connectivity index (χ0n) is 16.8. The molecule has 7 heteroatoms. The highest BCUT2D eigenvalue weighted by molar-refractivity contribution is 5.79. The number of aliphatic imine (C=N–C) groups is 1. The quantitative estimate of drug-likeness (QED) is 0.379. The lowest BCUT2D eigenvalue weighted by atomic mass is 10.2. The Morgan fingerprint density at radius 2 is 1.89 bits per heavy atom. The molecule has 0 radical (unpaired) electrons. The third kappa shape index (κ3) is 6.37. The number of methoxy groups -OCH3 is 1. The standard InChI is InChI=1S/C20H31N5O2/c1-16-19(17(2)25(24-16)18-9-6-5-7-10-18)15-23-20(21-3)22-11-8-12-27-14-13-26-4/h5-7,9-10H,8,11-15H2,1-4H3,(H2,21,22,23). The summed E-state index contributed by atoms with van der Waals surface area (Å²) in [5.74, 6) is 0.776. The summed E-state index contributed by atoms with van der Waals surface area (Å²) in [6, 6.07) is 10.2. The van der Waals surface area contributed by atoms with E-state index < -0.39 is 0 Å². The van der Waals surface area contributed by atoms with Crippen molar-refractivity contribution in [2.75, 3.05) is 40.5 Å². The van der Waals surface area contributed by atoms with E-state index in [4.69, 9.17) is 9.47 Å². The molecule has 2 aromatic rings. The maximum Gasteiger partial charge on any atom is 0.191 e. The largest absolute Gasteiger partial charge is 0.382 e. The lowest BCUT2D eigenvalue weighted by Gasteiger charge is -2.12. The van der Waals surface area contributed by atoms with Crippen LogP contribution in [0.5, 0.6) is 0 Å². The molecule has 2 rings (SSSR count). The summed E-state index contributed by atoms with van der Waals surface area (Å²) in [5, 5.41) is 11.4. The van der Waals surface area contributed by atoms with Crippen molar-refractivity contribution < 1.29 is 9.47 Å². The van der Waals surface area contributed by atoms with E-state index in [1.165, 1.54) is 5.56 Å². The fourth-order valence-corrected chi connectivity index (χ4v) is 2.77. The molecule has 2 N–H and O–H groups in total. The maximum absolute atomic E-state index is 5.46. The second kappa shape index (κ2) is 11.4. The lowest BCUT2D eigenvalue weighted by Crippen LogP contribution is -2.37. The number of hydrogen-bond donors (Lipinski definition) is 2. The monoisotopic (exact) mass is 373 g/mol. The fourth-order valence-electron chi connectivity index (χ4n) is 2.77. The van der Waals surface area contributed by atoms with Crippen LogP contribution in [-0.4, -0.2) is 56.3 Å². The van der Waals surface area contributed by atoms with Gasteiger partial charge in [-0.05, 0) is 32.4 Å². The van der Waals surface area contributed by atoms with Crippen molar-refractivity contribution in [2.45, 2.75) is 26.8 Å². The first-order valence-electron chi connectivity index (χ1n) is 9.29. The third-order valence-corrected chi connectivity index (χ3v) is 4.29. The van der Waals surface area contributed by atoms with Crippen LogP contribution < -0.4 is 10.6 Å². The SMILES string of the molecule is CN=C(NCCCOCCOC)NCc1c(C)nn(-c2ccccc2)c1C. The molecule has 0 amide bonds. The van der Waals surface area contributed by atoms with Gasteiger partial charge in [-0.25, -0.2) is 4.68 Å². The van der Waals surface area contributed by atoms with Crippen LogP contribution in [0.3, 0.4) is 0 Å². The Hall–Kier alpha value is -2.38. The molecule has 0 aliphatic heterocycles. The van der Waals surface area contributed by atoms with E-state index in [-0.39, 0.29) is 0 Å². The lowest BCUT2D eigenvalue weighted by molar-refractivity contribution is 0.0698. The number of aryl methyl sites for hydroxylation is 1. The molecule has 0 saturated heterocycles. The molecule has 0 aliphatic rings. The molecule has 1 heterocycles. The Labute approximate surface area is 161 Å². The van der Waals surface area contributed by atoms with Crippen molar-refractivity contribution in [1.29, 1.82) is 0 Å². The number of benzene rings is 1. The van der Waals surface area contributed by atoms with Gasteiger partial charge in [-0.1, -0.05) is 18.2 Å². The predicted octanol–water partition coefficient (Wildman–Crippen LogP) is 2.21. The molecule has 0 saturated carbocycles. The average Bonchev–Trinajstić information content (AvgIpc) is 2.98. The van der Waals surface area contributed by atoms with Crippen LogP contribution in [0.2, 0.25) is 0 Å². The van der Waals surface area contributed by atoms with Gasteiger partial charge in [-0.15, -0.1) is 0 Å². The first-order valence-corrected chi connectivity index (χ1v) is 9.29. The molecular formula is C20H31N5O2. The van der Waals surface area contributed by atoms with Crippen molar-refractivity contribution in [3.63, 3.8) is 0 Å². The first-order chi connectivity index (χ1) is 13.2. The number of guanidine groups is 1. The van der Waals surface area contributed by atoms with Gasteiger partial charge in [0.1, 0.15) is 0 Å². The third-order valence-electron chi connectivity index (χ3n) is 4.29. The van der Waals surface area contributed by atoms with Crippen LogP contribution in [-0.2, 0) is 16.0 Å². The Balaban J connectivity index is 1.83. The summed E-state index contributed by atoms with van der Waals surface area (Å²) >= 11 is 0. The van der Waals surface area contributed by atoms with E-state index in [2.05, 4.69) is 39.8 Å². The van der Waals surface area contributed by atoms with Gasteiger partial charge in [0.2, 0.25) is 0 Å². The van der Waals surface area contributed by atoms with Gasteiger partial charge in [0.15, 0.2) is 5.96 Å². The smallest absolute Gasteiger partial charge is 0.191 e. The van der Waals surface area contributed by atoms with Crippen molar-refractivity contribution in [1.82, 2.24) is 20.4 Å². The molecule has 0 spiro atoms. The Morgan fingerprint density at radius 1 is 1.11 bits per heavy atom. The molecule has 27 heavy (non-hydrogen) atoms. The molecule has 7 nitrogen and oxygen atoms in total. The second-order valence-corrected chi connectivity index (χ2v) is 6.21. The molecule has 0 unspecified atom stereocenters. The molecular weight excluding hydrogens is 342 g/mol. The van der Waals surface area contributed by atoms with Gasteiger partial charge >= 0.3 is 0 Å². The zero-order chi connectivity index (χ0) is 19.5. The average molecular weight is 374 g/mol. The fraction of sp³-hybridized carbons (Fsp3) is 0.500. The summed E-state index contributed by atoms with van der Waals surface area (Å²) in [6.07, 6.45) is 0.911. The van der Waals surface area contributed by atoms with E-state index in [1.807, 2.05) is 29.8 Å². The molecule has 148 valence electrons. The van der Waals surface area contributed by atoms with Gasteiger partial charge in [-0.3, -0.25) is 4.99 Å². The summed E-state index contributed by atoms with van der Waals surface area (Å²) in [5.41, 5.74) is 4.41. The summed E-state index contributed by atoms with van der Waals surface area (Å²) in [4.78, 5) is 4.28. The number of nitrogens with zero attached hydrogens (tertiary/aromatic N) is 3. The highest BCUT2D eigenvalue weighted by atomic mass is 16.5. The van der Waals surface area contributed by atoms with E-state index in [0.717, 1.165) is 36.0 Å². The van der Waals surface area contributed by atoms with E-state index >= 15 is 0 Å². The molecule has 1 aromatic carbocycles. The van der Waals surface area contributed by atoms with Crippen molar-refractivity contribution in [3.05, 3.63) is 47.3 Å². The zero-order valence-corrected chi connectivity index (χ0v) is 16.8. The Kier molecular flexibility index (Phi) is 8.80. The minimum atomic E-state index is 0.631.